The van der Waals surface area contributed by atoms with Crippen LogP contribution >= 0.6 is 0 Å². The largest absolute Gasteiger partial charge is 0.333 e. The zero-order valence-electron chi connectivity index (χ0n) is 6.85. The Bertz CT molecular complexity index is 116. The van der Waals surface area contributed by atoms with Crippen LogP contribution < -0.4 is 5.32 Å². The summed E-state index contributed by atoms with van der Waals surface area (Å²) >= 11 is 0. The average Bonchev–Trinajstić information content (AvgIpc) is 1.92. The standard InChI is InChI=1S/C6H9NO.C2H6/c1-3-4-5-7-6(2)8;1-2/h3-5H,1H2,2H3,(H,7,8);1-2H3/b5-4-;. The van der Waals surface area contributed by atoms with Crippen molar-refractivity contribution >= 4 is 5.91 Å². The number of rotatable bonds is 2. The summed E-state index contributed by atoms with van der Waals surface area (Å²) in [6, 6.07) is 0. The zero-order chi connectivity index (χ0) is 8.41. The molecule has 58 valence electrons. The summed E-state index contributed by atoms with van der Waals surface area (Å²) in [5, 5.41) is 2.46. The van der Waals surface area contributed by atoms with Gasteiger partial charge in [-0.1, -0.05) is 26.5 Å². The van der Waals surface area contributed by atoms with Crippen molar-refractivity contribution in [2.24, 2.45) is 0 Å². The first-order chi connectivity index (χ1) is 4.77. The minimum absolute atomic E-state index is 0.0666. The summed E-state index contributed by atoms with van der Waals surface area (Å²) in [7, 11) is 0. The number of hydrogen-bond acceptors (Lipinski definition) is 1. The third-order valence-electron chi connectivity index (χ3n) is 0.519. The van der Waals surface area contributed by atoms with Crippen LogP contribution in [-0.2, 0) is 4.79 Å². The average molecular weight is 141 g/mol. The molecule has 2 nitrogen and oxygen atoms in total. The maximum Gasteiger partial charge on any atom is 0.220 e. The number of hydrogen-bond donors (Lipinski definition) is 1. The topological polar surface area (TPSA) is 29.1 Å². The predicted molar refractivity (Wildman–Crippen MR) is 44.5 cm³/mol. The molecule has 0 spiro atoms. The Balaban J connectivity index is 0. The third-order valence-corrected chi connectivity index (χ3v) is 0.519. The van der Waals surface area contributed by atoms with Crippen LogP contribution in [0.3, 0.4) is 0 Å². The lowest BCUT2D eigenvalue weighted by atomic mass is 10.6. The van der Waals surface area contributed by atoms with Crippen LogP contribution in [0.25, 0.3) is 0 Å². The second-order valence-electron chi connectivity index (χ2n) is 1.30. The molecule has 0 aliphatic heterocycles. The maximum absolute atomic E-state index is 10.1. The monoisotopic (exact) mass is 141 g/mol. The van der Waals surface area contributed by atoms with E-state index in [4.69, 9.17) is 0 Å². The first kappa shape index (κ1) is 11.7. The predicted octanol–water partition coefficient (Wildman–Crippen LogP) is 1.85. The molecule has 0 aromatic carbocycles. The number of carbonyl (C=O) groups is 1. The highest BCUT2D eigenvalue weighted by atomic mass is 16.1. The Kier molecular flexibility index (Phi) is 12.7. The van der Waals surface area contributed by atoms with Gasteiger partial charge < -0.3 is 5.32 Å². The SMILES string of the molecule is C=C/C=C\NC(C)=O.CC. The van der Waals surface area contributed by atoms with Crippen LogP contribution in [0, 0.1) is 0 Å². The first-order valence-electron chi connectivity index (χ1n) is 3.32. The van der Waals surface area contributed by atoms with Gasteiger partial charge in [0, 0.05) is 13.1 Å². The van der Waals surface area contributed by atoms with E-state index >= 15 is 0 Å². The molecule has 0 bridgehead atoms. The Labute approximate surface area is 62.6 Å². The molecule has 0 radical (unpaired) electrons. The van der Waals surface area contributed by atoms with Crippen molar-refractivity contribution in [2.75, 3.05) is 0 Å². The van der Waals surface area contributed by atoms with Crippen molar-refractivity contribution in [3.05, 3.63) is 24.9 Å². The summed E-state index contributed by atoms with van der Waals surface area (Å²) < 4.78 is 0. The van der Waals surface area contributed by atoms with E-state index < -0.39 is 0 Å². The van der Waals surface area contributed by atoms with Gasteiger partial charge in [0.05, 0.1) is 0 Å². The molecule has 10 heavy (non-hydrogen) atoms. The quantitative estimate of drug-likeness (QED) is 0.584. The van der Waals surface area contributed by atoms with Gasteiger partial charge in [-0.25, -0.2) is 0 Å². The zero-order valence-corrected chi connectivity index (χ0v) is 6.85. The second kappa shape index (κ2) is 10.8. The van der Waals surface area contributed by atoms with Crippen LogP contribution in [0.1, 0.15) is 20.8 Å². The molecule has 0 heterocycles. The fourth-order valence-corrected chi connectivity index (χ4v) is 0.234. The Morgan fingerprint density at radius 2 is 2.00 bits per heavy atom. The van der Waals surface area contributed by atoms with Gasteiger partial charge in [0.15, 0.2) is 0 Å². The van der Waals surface area contributed by atoms with Crippen molar-refractivity contribution < 1.29 is 4.79 Å². The van der Waals surface area contributed by atoms with E-state index in [0.717, 1.165) is 0 Å². The number of carbonyl (C=O) groups excluding carboxylic acids is 1. The van der Waals surface area contributed by atoms with Crippen molar-refractivity contribution in [1.29, 1.82) is 0 Å². The molecular weight excluding hydrogens is 126 g/mol. The normalized spacial score (nSPS) is 7.90. The molecule has 0 atom stereocenters. The Morgan fingerprint density at radius 1 is 1.50 bits per heavy atom. The van der Waals surface area contributed by atoms with Crippen molar-refractivity contribution in [3.8, 4) is 0 Å². The van der Waals surface area contributed by atoms with Crippen molar-refractivity contribution in [2.45, 2.75) is 20.8 Å². The molecule has 0 unspecified atom stereocenters. The lowest BCUT2D eigenvalue weighted by Crippen LogP contribution is -2.10. The van der Waals surface area contributed by atoms with Gasteiger partial charge in [-0.05, 0) is 6.08 Å². The van der Waals surface area contributed by atoms with Crippen molar-refractivity contribution in [1.82, 2.24) is 5.32 Å². The van der Waals surface area contributed by atoms with Gasteiger partial charge >= 0.3 is 0 Å². The van der Waals surface area contributed by atoms with E-state index in [-0.39, 0.29) is 5.91 Å². The smallest absolute Gasteiger partial charge is 0.220 e. The van der Waals surface area contributed by atoms with Gasteiger partial charge in [0.1, 0.15) is 0 Å². The highest BCUT2D eigenvalue weighted by Gasteiger charge is 1.77. The number of amides is 1. The molecule has 1 amide bonds. The summed E-state index contributed by atoms with van der Waals surface area (Å²) in [6.45, 7) is 8.87. The van der Waals surface area contributed by atoms with Gasteiger partial charge in [0.2, 0.25) is 5.91 Å². The fraction of sp³-hybridized carbons (Fsp3) is 0.375. The molecule has 0 fully saturated rings. The van der Waals surface area contributed by atoms with Gasteiger partial charge in [0.25, 0.3) is 0 Å². The molecule has 0 aromatic heterocycles. The Hall–Kier alpha value is -1.05. The lowest BCUT2D eigenvalue weighted by Gasteiger charge is -1.85. The van der Waals surface area contributed by atoms with E-state index in [1.165, 1.54) is 13.1 Å². The van der Waals surface area contributed by atoms with E-state index in [9.17, 15) is 4.79 Å². The summed E-state index contributed by atoms with van der Waals surface area (Å²) in [5.74, 6) is -0.0666. The van der Waals surface area contributed by atoms with E-state index in [0.29, 0.717) is 0 Å². The molecule has 0 aromatic rings. The second-order valence-corrected chi connectivity index (χ2v) is 1.30. The third kappa shape index (κ3) is 15.8. The molecule has 0 aliphatic rings. The molecule has 0 rings (SSSR count). The minimum atomic E-state index is -0.0666. The minimum Gasteiger partial charge on any atom is -0.333 e. The molecule has 2 heteroatoms. The maximum atomic E-state index is 10.1. The van der Waals surface area contributed by atoms with E-state index in [2.05, 4.69) is 11.9 Å². The van der Waals surface area contributed by atoms with Gasteiger partial charge in [-0.2, -0.15) is 0 Å². The summed E-state index contributed by atoms with van der Waals surface area (Å²) in [4.78, 5) is 10.1. The fourth-order valence-electron chi connectivity index (χ4n) is 0.234. The van der Waals surface area contributed by atoms with Gasteiger partial charge in [-0.15, -0.1) is 0 Å². The van der Waals surface area contributed by atoms with Gasteiger partial charge in [-0.3, -0.25) is 4.79 Å². The summed E-state index contributed by atoms with van der Waals surface area (Å²) in [6.07, 6.45) is 4.78. The van der Waals surface area contributed by atoms with Crippen LogP contribution in [-0.4, -0.2) is 5.91 Å². The van der Waals surface area contributed by atoms with Crippen LogP contribution in [0.4, 0.5) is 0 Å². The van der Waals surface area contributed by atoms with Crippen LogP contribution in [0.2, 0.25) is 0 Å². The molecule has 0 aliphatic carbocycles. The Morgan fingerprint density at radius 3 is 2.30 bits per heavy atom. The molecule has 0 saturated heterocycles. The first-order valence-corrected chi connectivity index (χ1v) is 3.32. The summed E-state index contributed by atoms with van der Waals surface area (Å²) in [5.41, 5.74) is 0. The number of allylic oxidation sites excluding steroid dienone is 2. The van der Waals surface area contributed by atoms with Crippen LogP contribution in [0.15, 0.2) is 24.9 Å². The highest BCUT2D eigenvalue weighted by Crippen LogP contribution is 1.66. The van der Waals surface area contributed by atoms with Crippen LogP contribution in [0.5, 0.6) is 0 Å². The highest BCUT2D eigenvalue weighted by molar-refractivity contribution is 5.73. The van der Waals surface area contributed by atoms with Crippen molar-refractivity contribution in [3.63, 3.8) is 0 Å². The van der Waals surface area contributed by atoms with E-state index in [1.54, 1.807) is 12.2 Å². The lowest BCUT2D eigenvalue weighted by molar-refractivity contribution is -0.118. The molecule has 0 saturated carbocycles. The molecular formula is C8H15NO. The molecule has 1 N–H and O–H groups in total. The van der Waals surface area contributed by atoms with E-state index in [1.807, 2.05) is 13.8 Å². The number of nitrogens with one attached hydrogen (secondary N) is 1.